The Kier molecular flexibility index (Phi) is 5.15. The van der Waals surface area contributed by atoms with Gasteiger partial charge >= 0.3 is 0 Å². The van der Waals surface area contributed by atoms with Crippen LogP contribution in [0.25, 0.3) is 22.3 Å². The molecule has 6 heteroatoms. The van der Waals surface area contributed by atoms with Crippen LogP contribution in [0.4, 0.5) is 5.82 Å². The summed E-state index contributed by atoms with van der Waals surface area (Å²) in [6, 6.07) is 19.2. The molecular formula is C24H25N5O. The van der Waals surface area contributed by atoms with Gasteiger partial charge in [-0.2, -0.15) is 0 Å². The van der Waals surface area contributed by atoms with Gasteiger partial charge in [0.2, 0.25) is 0 Å². The van der Waals surface area contributed by atoms with E-state index in [1.165, 1.54) is 16.7 Å². The van der Waals surface area contributed by atoms with Crippen molar-refractivity contribution in [2.45, 2.75) is 19.9 Å². The summed E-state index contributed by atoms with van der Waals surface area (Å²) in [7, 11) is 0. The summed E-state index contributed by atoms with van der Waals surface area (Å²) in [5.41, 5.74) is 5.47. The lowest BCUT2D eigenvalue weighted by Gasteiger charge is -2.27. The van der Waals surface area contributed by atoms with E-state index in [0.29, 0.717) is 0 Å². The lowest BCUT2D eigenvalue weighted by atomic mass is 10.0. The molecule has 0 saturated carbocycles. The molecule has 0 amide bonds. The maximum Gasteiger partial charge on any atom is 0.165 e. The minimum atomic E-state index is 0.723. The predicted octanol–water partition coefficient (Wildman–Crippen LogP) is 3.94. The molecule has 1 fully saturated rings. The van der Waals surface area contributed by atoms with Gasteiger partial charge < -0.3 is 14.2 Å². The third-order valence-corrected chi connectivity index (χ3v) is 5.62. The number of rotatable bonds is 5. The Morgan fingerprint density at radius 2 is 1.63 bits per heavy atom. The highest BCUT2D eigenvalue weighted by atomic mass is 16.5. The van der Waals surface area contributed by atoms with Gasteiger partial charge in [-0.1, -0.05) is 61.5 Å². The molecule has 0 radical (unpaired) electrons. The molecule has 30 heavy (non-hydrogen) atoms. The van der Waals surface area contributed by atoms with Crippen LogP contribution in [0.5, 0.6) is 0 Å². The van der Waals surface area contributed by atoms with Crippen molar-refractivity contribution in [3.63, 3.8) is 0 Å². The van der Waals surface area contributed by atoms with Crippen LogP contribution >= 0.6 is 0 Å². The summed E-state index contributed by atoms with van der Waals surface area (Å²) >= 11 is 0. The number of benzene rings is 2. The molecule has 1 aliphatic heterocycles. The van der Waals surface area contributed by atoms with Crippen molar-refractivity contribution >= 4 is 17.0 Å². The maximum absolute atomic E-state index is 5.49. The molecule has 4 aromatic rings. The number of ether oxygens (including phenoxy) is 1. The van der Waals surface area contributed by atoms with E-state index >= 15 is 0 Å². The van der Waals surface area contributed by atoms with Crippen molar-refractivity contribution in [3.8, 4) is 11.1 Å². The average molecular weight is 399 g/mol. The van der Waals surface area contributed by atoms with E-state index in [1.807, 2.05) is 6.07 Å². The Morgan fingerprint density at radius 1 is 0.900 bits per heavy atom. The van der Waals surface area contributed by atoms with Crippen molar-refractivity contribution in [3.05, 3.63) is 72.3 Å². The number of hydrogen-bond acceptors (Lipinski definition) is 5. The molecule has 0 atom stereocenters. The molecule has 2 aromatic heterocycles. The average Bonchev–Trinajstić information content (AvgIpc) is 3.18. The normalized spacial score (nSPS) is 14.4. The first-order valence-electron chi connectivity index (χ1n) is 10.5. The maximum atomic E-state index is 5.49. The van der Waals surface area contributed by atoms with E-state index < -0.39 is 0 Å². The van der Waals surface area contributed by atoms with Crippen molar-refractivity contribution in [1.29, 1.82) is 0 Å². The van der Waals surface area contributed by atoms with Crippen LogP contribution in [0.3, 0.4) is 0 Å². The van der Waals surface area contributed by atoms with Gasteiger partial charge in [0, 0.05) is 19.5 Å². The number of morpholine rings is 1. The Labute approximate surface area is 176 Å². The van der Waals surface area contributed by atoms with E-state index in [-0.39, 0.29) is 0 Å². The van der Waals surface area contributed by atoms with Crippen LogP contribution in [0.1, 0.15) is 18.3 Å². The second-order valence-electron chi connectivity index (χ2n) is 7.50. The van der Waals surface area contributed by atoms with Crippen molar-refractivity contribution < 1.29 is 4.74 Å². The molecule has 5 rings (SSSR count). The monoisotopic (exact) mass is 399 g/mol. The van der Waals surface area contributed by atoms with Crippen LogP contribution in [0.2, 0.25) is 0 Å². The van der Waals surface area contributed by atoms with Crippen LogP contribution in [0, 0.1) is 0 Å². The Bertz CT molecular complexity index is 1130. The standard InChI is InChI=1S/C24H25N5O/c1-2-21-27-22-23(28-12-14-30-15-13-28)25-17-26-24(22)29(21)16-18-8-10-20(11-9-18)19-6-4-3-5-7-19/h3-11,17H,2,12-16H2,1H3. The highest BCUT2D eigenvalue weighted by molar-refractivity contribution is 5.84. The first kappa shape index (κ1) is 18.8. The topological polar surface area (TPSA) is 56.1 Å². The number of aromatic nitrogens is 4. The molecule has 1 saturated heterocycles. The van der Waals surface area contributed by atoms with E-state index in [0.717, 1.165) is 62.1 Å². The van der Waals surface area contributed by atoms with Gasteiger partial charge in [0.1, 0.15) is 12.2 Å². The van der Waals surface area contributed by atoms with Crippen LogP contribution in [0.15, 0.2) is 60.9 Å². The number of hydrogen-bond donors (Lipinski definition) is 0. The lowest BCUT2D eigenvalue weighted by molar-refractivity contribution is 0.122. The Hall–Kier alpha value is -3.25. The van der Waals surface area contributed by atoms with Gasteiger partial charge in [-0.25, -0.2) is 15.0 Å². The molecule has 0 N–H and O–H groups in total. The molecule has 0 bridgehead atoms. The minimum Gasteiger partial charge on any atom is -0.378 e. The van der Waals surface area contributed by atoms with Crippen LogP contribution in [-0.4, -0.2) is 45.8 Å². The van der Waals surface area contributed by atoms with E-state index in [9.17, 15) is 0 Å². The number of aryl methyl sites for hydroxylation is 1. The molecule has 0 spiro atoms. The fourth-order valence-corrected chi connectivity index (χ4v) is 4.03. The summed E-state index contributed by atoms with van der Waals surface area (Å²) in [5, 5.41) is 0. The van der Waals surface area contributed by atoms with Crippen LogP contribution < -0.4 is 4.90 Å². The third-order valence-electron chi connectivity index (χ3n) is 5.62. The van der Waals surface area contributed by atoms with Gasteiger partial charge in [0.05, 0.1) is 19.8 Å². The molecule has 2 aromatic carbocycles. The summed E-state index contributed by atoms with van der Waals surface area (Å²) < 4.78 is 7.71. The first-order valence-corrected chi connectivity index (χ1v) is 10.5. The smallest absolute Gasteiger partial charge is 0.165 e. The quantitative estimate of drug-likeness (QED) is 0.509. The summed E-state index contributed by atoms with van der Waals surface area (Å²) in [6.07, 6.45) is 2.50. The fourth-order valence-electron chi connectivity index (χ4n) is 4.03. The lowest BCUT2D eigenvalue weighted by Crippen LogP contribution is -2.36. The van der Waals surface area contributed by atoms with Crippen molar-refractivity contribution in [2.75, 3.05) is 31.2 Å². The van der Waals surface area contributed by atoms with Gasteiger partial charge in [-0.15, -0.1) is 0 Å². The second kappa shape index (κ2) is 8.24. The Balaban J connectivity index is 1.48. The Morgan fingerprint density at radius 3 is 2.37 bits per heavy atom. The van der Waals surface area contributed by atoms with E-state index in [4.69, 9.17) is 9.72 Å². The molecular weight excluding hydrogens is 374 g/mol. The van der Waals surface area contributed by atoms with Crippen molar-refractivity contribution in [2.24, 2.45) is 0 Å². The number of nitrogens with zero attached hydrogens (tertiary/aromatic N) is 5. The SMILES string of the molecule is CCc1nc2c(N3CCOCC3)ncnc2n1Cc1ccc(-c2ccccc2)cc1. The number of anilines is 1. The fraction of sp³-hybridized carbons (Fsp3) is 0.292. The first-order chi connectivity index (χ1) is 14.8. The summed E-state index contributed by atoms with van der Waals surface area (Å²) in [4.78, 5) is 16.3. The van der Waals surface area contributed by atoms with Gasteiger partial charge in [-0.05, 0) is 16.7 Å². The zero-order valence-corrected chi connectivity index (χ0v) is 17.2. The molecule has 3 heterocycles. The zero-order valence-electron chi connectivity index (χ0n) is 17.2. The molecule has 6 nitrogen and oxygen atoms in total. The van der Waals surface area contributed by atoms with Gasteiger partial charge in [0.15, 0.2) is 17.0 Å². The second-order valence-corrected chi connectivity index (χ2v) is 7.50. The zero-order chi connectivity index (χ0) is 20.3. The van der Waals surface area contributed by atoms with Gasteiger partial charge in [0.25, 0.3) is 0 Å². The minimum absolute atomic E-state index is 0.723. The number of fused-ring (bicyclic) bond motifs is 1. The summed E-state index contributed by atoms with van der Waals surface area (Å²) in [5.74, 6) is 1.95. The van der Waals surface area contributed by atoms with E-state index in [2.05, 4.69) is 74.9 Å². The third kappa shape index (κ3) is 3.55. The van der Waals surface area contributed by atoms with Crippen molar-refractivity contribution in [1.82, 2.24) is 19.5 Å². The highest BCUT2D eigenvalue weighted by Crippen LogP contribution is 2.26. The summed E-state index contributed by atoms with van der Waals surface area (Å²) in [6.45, 7) is 6.00. The number of imidazole rings is 1. The predicted molar refractivity (Wildman–Crippen MR) is 119 cm³/mol. The molecule has 1 aliphatic rings. The molecule has 152 valence electrons. The van der Waals surface area contributed by atoms with Gasteiger partial charge in [-0.3, -0.25) is 0 Å². The molecule has 0 unspecified atom stereocenters. The molecule has 0 aliphatic carbocycles. The largest absolute Gasteiger partial charge is 0.378 e. The highest BCUT2D eigenvalue weighted by Gasteiger charge is 2.20. The van der Waals surface area contributed by atoms with Crippen LogP contribution in [-0.2, 0) is 17.7 Å². The van der Waals surface area contributed by atoms with E-state index in [1.54, 1.807) is 6.33 Å².